The second-order valence-corrected chi connectivity index (χ2v) is 5.25. The highest BCUT2D eigenvalue weighted by atomic mass is 15.3. The van der Waals surface area contributed by atoms with Crippen molar-refractivity contribution in [2.45, 2.75) is 27.3 Å². The molecule has 21 heavy (non-hydrogen) atoms. The van der Waals surface area contributed by atoms with Crippen LogP contribution in [0.4, 0.5) is 5.82 Å². The molecule has 0 atom stereocenters. The van der Waals surface area contributed by atoms with Crippen LogP contribution in [-0.4, -0.2) is 31.6 Å². The second kappa shape index (κ2) is 5.12. The molecule has 0 N–H and O–H groups in total. The highest BCUT2D eigenvalue weighted by molar-refractivity contribution is 5.56. The van der Waals surface area contributed by atoms with Crippen molar-refractivity contribution in [3.8, 4) is 0 Å². The molecule has 0 amide bonds. The van der Waals surface area contributed by atoms with Crippen LogP contribution >= 0.6 is 0 Å². The Morgan fingerprint density at radius 1 is 1.19 bits per heavy atom. The fourth-order valence-electron chi connectivity index (χ4n) is 2.34. The number of hydrogen-bond donors (Lipinski definition) is 0. The van der Waals surface area contributed by atoms with Gasteiger partial charge in [0.15, 0.2) is 5.65 Å². The van der Waals surface area contributed by atoms with E-state index < -0.39 is 0 Å². The van der Waals surface area contributed by atoms with E-state index in [0.717, 1.165) is 34.1 Å². The summed E-state index contributed by atoms with van der Waals surface area (Å²) in [6, 6.07) is 2.04. The van der Waals surface area contributed by atoms with E-state index in [4.69, 9.17) is 0 Å². The van der Waals surface area contributed by atoms with Gasteiger partial charge in [0.25, 0.3) is 0 Å². The molecular formula is C15H18N6. The van der Waals surface area contributed by atoms with Crippen molar-refractivity contribution in [3.63, 3.8) is 0 Å². The average molecular weight is 282 g/mol. The molecule has 108 valence electrons. The maximum absolute atomic E-state index is 4.59. The van der Waals surface area contributed by atoms with E-state index in [1.165, 1.54) is 0 Å². The van der Waals surface area contributed by atoms with Crippen LogP contribution in [-0.2, 0) is 6.54 Å². The Kier molecular flexibility index (Phi) is 3.29. The van der Waals surface area contributed by atoms with Crippen molar-refractivity contribution in [1.82, 2.24) is 24.6 Å². The molecule has 3 rings (SSSR count). The van der Waals surface area contributed by atoms with Gasteiger partial charge >= 0.3 is 0 Å². The summed E-state index contributed by atoms with van der Waals surface area (Å²) >= 11 is 0. The topological polar surface area (TPSA) is 59.2 Å². The van der Waals surface area contributed by atoms with Gasteiger partial charge in [-0.3, -0.25) is 9.97 Å². The minimum Gasteiger partial charge on any atom is -0.354 e. The minimum atomic E-state index is 0.671. The Hall–Kier alpha value is -2.50. The molecule has 0 saturated carbocycles. The first kappa shape index (κ1) is 13.5. The highest BCUT2D eigenvalue weighted by Crippen LogP contribution is 2.21. The Morgan fingerprint density at radius 2 is 2.00 bits per heavy atom. The third-order valence-electron chi connectivity index (χ3n) is 3.57. The third kappa shape index (κ3) is 2.44. The van der Waals surface area contributed by atoms with Crippen LogP contribution in [0.25, 0.3) is 5.65 Å². The van der Waals surface area contributed by atoms with Crippen LogP contribution < -0.4 is 4.90 Å². The molecule has 0 fully saturated rings. The van der Waals surface area contributed by atoms with Crippen LogP contribution in [0.2, 0.25) is 0 Å². The standard InChI is InChI=1S/C15H18N6/c1-10-7-14(20(4)9-13-8-16-5-6-17-13)21-15(18-10)11(2)12(3)19-21/h5-8H,9H2,1-4H3. The summed E-state index contributed by atoms with van der Waals surface area (Å²) in [6.07, 6.45) is 5.17. The lowest BCUT2D eigenvalue weighted by molar-refractivity contribution is 0.803. The Labute approximate surface area is 123 Å². The molecule has 0 aromatic carbocycles. The molecule has 0 aliphatic carbocycles. The van der Waals surface area contributed by atoms with Crippen molar-refractivity contribution >= 4 is 11.5 Å². The van der Waals surface area contributed by atoms with Crippen molar-refractivity contribution in [2.24, 2.45) is 0 Å². The summed E-state index contributed by atoms with van der Waals surface area (Å²) in [4.78, 5) is 15.1. The van der Waals surface area contributed by atoms with E-state index in [1.54, 1.807) is 18.6 Å². The van der Waals surface area contributed by atoms with E-state index in [9.17, 15) is 0 Å². The number of hydrogen-bond acceptors (Lipinski definition) is 5. The molecule has 0 aliphatic heterocycles. The summed E-state index contributed by atoms with van der Waals surface area (Å²) in [6.45, 7) is 6.73. The highest BCUT2D eigenvalue weighted by Gasteiger charge is 2.14. The van der Waals surface area contributed by atoms with E-state index in [0.29, 0.717) is 6.54 Å². The van der Waals surface area contributed by atoms with Gasteiger partial charge in [-0.25, -0.2) is 4.98 Å². The van der Waals surface area contributed by atoms with Gasteiger partial charge in [0, 0.05) is 36.8 Å². The van der Waals surface area contributed by atoms with Crippen molar-refractivity contribution in [1.29, 1.82) is 0 Å². The second-order valence-electron chi connectivity index (χ2n) is 5.25. The van der Waals surface area contributed by atoms with Crippen LogP contribution in [0.5, 0.6) is 0 Å². The SMILES string of the molecule is Cc1cc(N(C)Cc2cnccn2)n2nc(C)c(C)c2n1. The smallest absolute Gasteiger partial charge is 0.160 e. The summed E-state index contributed by atoms with van der Waals surface area (Å²) < 4.78 is 1.90. The van der Waals surface area contributed by atoms with Crippen LogP contribution in [0.1, 0.15) is 22.6 Å². The Morgan fingerprint density at radius 3 is 2.71 bits per heavy atom. The van der Waals surface area contributed by atoms with Gasteiger partial charge in [-0.2, -0.15) is 9.61 Å². The van der Waals surface area contributed by atoms with Crippen molar-refractivity contribution < 1.29 is 0 Å². The lowest BCUT2D eigenvalue weighted by Crippen LogP contribution is -2.21. The number of anilines is 1. The van der Waals surface area contributed by atoms with Crippen LogP contribution in [0.15, 0.2) is 24.7 Å². The fraction of sp³-hybridized carbons (Fsp3) is 0.333. The average Bonchev–Trinajstić information content (AvgIpc) is 2.75. The van der Waals surface area contributed by atoms with Gasteiger partial charge in [-0.05, 0) is 20.8 Å². The van der Waals surface area contributed by atoms with Gasteiger partial charge < -0.3 is 4.90 Å². The summed E-state index contributed by atoms with van der Waals surface area (Å²) in [5.74, 6) is 0.999. The predicted molar refractivity (Wildman–Crippen MR) is 81.3 cm³/mol. The number of rotatable bonds is 3. The molecule has 0 spiro atoms. The van der Waals surface area contributed by atoms with Crippen molar-refractivity contribution in [3.05, 3.63) is 47.3 Å². The Bertz CT molecular complexity index is 778. The maximum atomic E-state index is 4.59. The molecule has 3 heterocycles. The molecule has 0 radical (unpaired) electrons. The quantitative estimate of drug-likeness (QED) is 0.736. The number of aromatic nitrogens is 5. The lowest BCUT2D eigenvalue weighted by atomic mass is 10.3. The zero-order valence-corrected chi connectivity index (χ0v) is 12.7. The molecular weight excluding hydrogens is 264 g/mol. The summed E-state index contributed by atoms with van der Waals surface area (Å²) in [5, 5.41) is 4.59. The molecule has 3 aromatic rings. The zero-order chi connectivity index (χ0) is 15.0. The molecule has 3 aromatic heterocycles. The predicted octanol–water partition coefficient (Wildman–Crippen LogP) is 2.08. The van der Waals surface area contributed by atoms with E-state index >= 15 is 0 Å². The molecule has 0 saturated heterocycles. The molecule has 0 unspecified atom stereocenters. The summed E-state index contributed by atoms with van der Waals surface area (Å²) in [7, 11) is 2.02. The number of aryl methyl sites for hydroxylation is 3. The van der Waals surface area contributed by atoms with E-state index in [2.05, 4.69) is 31.9 Å². The zero-order valence-electron chi connectivity index (χ0n) is 12.7. The van der Waals surface area contributed by atoms with Crippen LogP contribution in [0.3, 0.4) is 0 Å². The minimum absolute atomic E-state index is 0.671. The van der Waals surface area contributed by atoms with Crippen LogP contribution in [0, 0.1) is 20.8 Å². The van der Waals surface area contributed by atoms with Crippen molar-refractivity contribution in [2.75, 3.05) is 11.9 Å². The van der Waals surface area contributed by atoms with E-state index in [-0.39, 0.29) is 0 Å². The molecule has 0 aliphatic rings. The number of fused-ring (bicyclic) bond motifs is 1. The van der Waals surface area contributed by atoms with Gasteiger partial charge in [0.2, 0.25) is 0 Å². The molecule has 6 nitrogen and oxygen atoms in total. The fourth-order valence-corrected chi connectivity index (χ4v) is 2.34. The number of nitrogens with zero attached hydrogens (tertiary/aromatic N) is 6. The van der Waals surface area contributed by atoms with Gasteiger partial charge in [-0.15, -0.1) is 0 Å². The summed E-state index contributed by atoms with van der Waals surface area (Å²) in [5.41, 5.74) is 4.93. The van der Waals surface area contributed by atoms with Gasteiger partial charge in [-0.1, -0.05) is 0 Å². The monoisotopic (exact) mass is 282 g/mol. The first-order valence-corrected chi connectivity index (χ1v) is 6.86. The largest absolute Gasteiger partial charge is 0.354 e. The molecule has 0 bridgehead atoms. The first-order chi connectivity index (χ1) is 10.1. The van der Waals surface area contributed by atoms with Gasteiger partial charge in [0.05, 0.1) is 24.1 Å². The van der Waals surface area contributed by atoms with E-state index in [1.807, 2.05) is 31.5 Å². The lowest BCUT2D eigenvalue weighted by Gasteiger charge is -2.19. The Balaban J connectivity index is 2.05. The van der Waals surface area contributed by atoms with Gasteiger partial charge in [0.1, 0.15) is 5.82 Å². The first-order valence-electron chi connectivity index (χ1n) is 6.86. The maximum Gasteiger partial charge on any atom is 0.160 e. The normalized spacial score (nSPS) is 11.0. The third-order valence-corrected chi connectivity index (χ3v) is 3.57. The molecule has 6 heteroatoms.